The van der Waals surface area contributed by atoms with E-state index in [9.17, 15) is 0 Å². The second kappa shape index (κ2) is 8.10. The van der Waals surface area contributed by atoms with Crippen LogP contribution >= 0.6 is 0 Å². The summed E-state index contributed by atoms with van der Waals surface area (Å²) in [6, 6.07) is 15.6. The molecule has 0 saturated heterocycles. The molecule has 0 aliphatic rings. The largest absolute Gasteiger partial charge is 0.315 e. The molecule has 0 bridgehead atoms. The maximum atomic E-state index is 5.02. The summed E-state index contributed by atoms with van der Waals surface area (Å²) in [6.45, 7) is 13.4. The van der Waals surface area contributed by atoms with Crippen molar-refractivity contribution in [2.75, 3.05) is 0 Å². The summed E-state index contributed by atoms with van der Waals surface area (Å²) in [5, 5.41) is 1.32. The summed E-state index contributed by atoms with van der Waals surface area (Å²) in [5.74, 6) is 0.542. The van der Waals surface area contributed by atoms with Crippen LogP contribution in [-0.4, -0.2) is 9.55 Å². The molecule has 2 nitrogen and oxygen atoms in total. The van der Waals surface area contributed by atoms with Gasteiger partial charge < -0.3 is 4.57 Å². The molecule has 4 rings (SSSR count). The van der Waals surface area contributed by atoms with E-state index in [0.29, 0.717) is 5.92 Å². The summed E-state index contributed by atoms with van der Waals surface area (Å²) >= 11 is 0. The standard InChI is InChI=1S/C28H32N2/c1-7-21-10-9-11-22(8-2)27(21)28-20(6)26-19(5)17-30(25(26)16-29-28)24-14-12-23(13-15-24)18(3)4/h9-18H,7-8H2,1-6H3. The molecular formula is C28H32N2. The van der Waals surface area contributed by atoms with Gasteiger partial charge in [0.15, 0.2) is 0 Å². The van der Waals surface area contributed by atoms with Crippen LogP contribution in [0.5, 0.6) is 0 Å². The van der Waals surface area contributed by atoms with Gasteiger partial charge in [0.05, 0.1) is 17.4 Å². The number of hydrogen-bond acceptors (Lipinski definition) is 1. The van der Waals surface area contributed by atoms with Crippen LogP contribution in [0, 0.1) is 13.8 Å². The lowest BCUT2D eigenvalue weighted by atomic mass is 9.91. The fourth-order valence-corrected chi connectivity index (χ4v) is 4.64. The molecule has 0 radical (unpaired) electrons. The fraction of sp³-hybridized carbons (Fsp3) is 0.321. The van der Waals surface area contributed by atoms with Crippen molar-refractivity contribution in [3.63, 3.8) is 0 Å². The molecule has 30 heavy (non-hydrogen) atoms. The normalized spacial score (nSPS) is 11.6. The van der Waals surface area contributed by atoms with Gasteiger partial charge in [0, 0.05) is 22.8 Å². The molecule has 154 valence electrons. The average molecular weight is 397 g/mol. The molecular weight excluding hydrogens is 364 g/mol. The van der Waals surface area contributed by atoms with Crippen molar-refractivity contribution in [2.45, 2.75) is 60.3 Å². The Morgan fingerprint density at radius 3 is 2.10 bits per heavy atom. The highest BCUT2D eigenvalue weighted by Gasteiger charge is 2.18. The van der Waals surface area contributed by atoms with Gasteiger partial charge in [-0.3, -0.25) is 4.98 Å². The van der Waals surface area contributed by atoms with Crippen molar-refractivity contribution >= 4 is 10.9 Å². The van der Waals surface area contributed by atoms with E-state index >= 15 is 0 Å². The molecule has 4 aromatic rings. The molecule has 0 N–H and O–H groups in total. The number of aryl methyl sites for hydroxylation is 4. The molecule has 0 spiro atoms. The zero-order chi connectivity index (χ0) is 21.4. The zero-order valence-electron chi connectivity index (χ0n) is 19.1. The van der Waals surface area contributed by atoms with Gasteiger partial charge >= 0.3 is 0 Å². The number of pyridine rings is 1. The Balaban J connectivity index is 1.91. The van der Waals surface area contributed by atoms with Crippen molar-refractivity contribution < 1.29 is 0 Å². The lowest BCUT2D eigenvalue weighted by Gasteiger charge is -2.16. The van der Waals surface area contributed by atoms with Crippen molar-refractivity contribution in [2.24, 2.45) is 0 Å². The van der Waals surface area contributed by atoms with Crippen LogP contribution in [0.2, 0.25) is 0 Å². The minimum Gasteiger partial charge on any atom is -0.315 e. The number of aromatic nitrogens is 2. The number of benzene rings is 2. The second-order valence-electron chi connectivity index (χ2n) is 8.58. The number of rotatable bonds is 5. The first-order valence-electron chi connectivity index (χ1n) is 11.1. The Labute approximate surface area is 180 Å². The van der Waals surface area contributed by atoms with Crippen molar-refractivity contribution in [1.29, 1.82) is 0 Å². The van der Waals surface area contributed by atoms with Crippen LogP contribution in [0.15, 0.2) is 54.9 Å². The van der Waals surface area contributed by atoms with Crippen LogP contribution in [0.4, 0.5) is 0 Å². The average Bonchev–Trinajstić information content (AvgIpc) is 3.10. The molecule has 2 aromatic heterocycles. The molecule has 0 atom stereocenters. The lowest BCUT2D eigenvalue weighted by molar-refractivity contribution is 0.865. The molecule has 0 fully saturated rings. The minimum atomic E-state index is 0.542. The molecule has 0 saturated carbocycles. The Hall–Kier alpha value is -2.87. The second-order valence-corrected chi connectivity index (χ2v) is 8.58. The highest BCUT2D eigenvalue weighted by Crippen LogP contribution is 2.35. The molecule has 0 aliphatic carbocycles. The van der Waals surface area contributed by atoms with Crippen LogP contribution in [0.3, 0.4) is 0 Å². The van der Waals surface area contributed by atoms with Gasteiger partial charge in [-0.2, -0.15) is 0 Å². The van der Waals surface area contributed by atoms with Crippen molar-refractivity contribution in [1.82, 2.24) is 9.55 Å². The van der Waals surface area contributed by atoms with Gasteiger partial charge in [-0.1, -0.05) is 58.0 Å². The predicted molar refractivity (Wildman–Crippen MR) is 129 cm³/mol. The molecule has 2 heterocycles. The van der Waals surface area contributed by atoms with Gasteiger partial charge in [-0.05, 0) is 72.6 Å². The third kappa shape index (κ3) is 3.35. The first-order chi connectivity index (χ1) is 14.5. The Morgan fingerprint density at radius 2 is 1.53 bits per heavy atom. The van der Waals surface area contributed by atoms with E-state index in [-0.39, 0.29) is 0 Å². The van der Waals surface area contributed by atoms with Crippen LogP contribution in [-0.2, 0) is 12.8 Å². The third-order valence-electron chi connectivity index (χ3n) is 6.35. The maximum Gasteiger partial charge on any atom is 0.0744 e. The van der Waals surface area contributed by atoms with E-state index in [4.69, 9.17) is 4.98 Å². The van der Waals surface area contributed by atoms with Gasteiger partial charge in [0.1, 0.15) is 0 Å². The first-order valence-corrected chi connectivity index (χ1v) is 11.1. The number of hydrogen-bond donors (Lipinski definition) is 0. The first kappa shape index (κ1) is 20.4. The van der Waals surface area contributed by atoms with Gasteiger partial charge in [0.2, 0.25) is 0 Å². The summed E-state index contributed by atoms with van der Waals surface area (Å²) in [5.41, 5.74) is 11.5. The highest BCUT2D eigenvalue weighted by molar-refractivity contribution is 5.92. The third-order valence-corrected chi connectivity index (χ3v) is 6.35. The predicted octanol–water partition coefficient (Wildman–Crippen LogP) is 7.56. The summed E-state index contributed by atoms with van der Waals surface area (Å²) in [7, 11) is 0. The van der Waals surface area contributed by atoms with E-state index in [1.165, 1.54) is 50.0 Å². The Kier molecular flexibility index (Phi) is 5.51. The van der Waals surface area contributed by atoms with E-state index in [1.807, 2.05) is 0 Å². The van der Waals surface area contributed by atoms with E-state index in [2.05, 4.69) is 101 Å². The van der Waals surface area contributed by atoms with Gasteiger partial charge in [-0.15, -0.1) is 0 Å². The summed E-state index contributed by atoms with van der Waals surface area (Å²) in [4.78, 5) is 5.02. The monoisotopic (exact) mass is 396 g/mol. The Bertz CT molecular complexity index is 1170. The van der Waals surface area contributed by atoms with E-state index in [1.54, 1.807) is 0 Å². The minimum absolute atomic E-state index is 0.542. The van der Waals surface area contributed by atoms with Gasteiger partial charge in [0.25, 0.3) is 0 Å². The van der Waals surface area contributed by atoms with E-state index < -0.39 is 0 Å². The molecule has 0 amide bonds. The van der Waals surface area contributed by atoms with Crippen molar-refractivity contribution in [3.8, 4) is 16.9 Å². The van der Waals surface area contributed by atoms with Crippen LogP contribution in [0.25, 0.3) is 27.8 Å². The number of fused-ring (bicyclic) bond motifs is 1. The molecule has 0 aliphatic heterocycles. The zero-order valence-corrected chi connectivity index (χ0v) is 19.1. The quantitative estimate of drug-likeness (QED) is 0.340. The number of nitrogens with zero attached hydrogens (tertiary/aromatic N) is 2. The SMILES string of the molecule is CCc1cccc(CC)c1-c1ncc2c(c(C)cn2-c2ccc(C(C)C)cc2)c1C. The van der Waals surface area contributed by atoms with Crippen LogP contribution < -0.4 is 0 Å². The van der Waals surface area contributed by atoms with Gasteiger partial charge in [-0.25, -0.2) is 0 Å². The summed E-state index contributed by atoms with van der Waals surface area (Å²) in [6.07, 6.45) is 6.35. The lowest BCUT2D eigenvalue weighted by Crippen LogP contribution is -2.00. The highest BCUT2D eigenvalue weighted by atomic mass is 15.0. The maximum absolute atomic E-state index is 5.02. The van der Waals surface area contributed by atoms with Crippen molar-refractivity contribution in [3.05, 3.63) is 82.7 Å². The summed E-state index contributed by atoms with van der Waals surface area (Å²) < 4.78 is 2.28. The van der Waals surface area contributed by atoms with Crippen LogP contribution in [0.1, 0.15) is 61.4 Å². The smallest absolute Gasteiger partial charge is 0.0744 e. The molecule has 2 aromatic carbocycles. The Morgan fingerprint density at radius 1 is 0.900 bits per heavy atom. The van der Waals surface area contributed by atoms with E-state index in [0.717, 1.165) is 18.5 Å². The topological polar surface area (TPSA) is 17.8 Å². The fourth-order valence-electron chi connectivity index (χ4n) is 4.64. The molecule has 2 heteroatoms. The molecule has 0 unspecified atom stereocenters.